The number of carbonyl (C=O) groups is 1. The minimum absolute atomic E-state index is 0.410. The Morgan fingerprint density at radius 1 is 1.14 bits per heavy atom. The summed E-state index contributed by atoms with van der Waals surface area (Å²) in [6.45, 7) is 1.47. The second-order valence-electron chi connectivity index (χ2n) is 4.81. The average molecular weight is 327 g/mol. The molecule has 2 rings (SSSR count). The molecular weight excluding hydrogens is 306 g/mol. The van der Waals surface area contributed by atoms with Crippen LogP contribution < -0.4 is 14.2 Å². The summed E-state index contributed by atoms with van der Waals surface area (Å²) >= 11 is 1.84. The molecule has 1 N–H and O–H groups in total. The van der Waals surface area contributed by atoms with Crippen molar-refractivity contribution in [2.45, 2.75) is 6.04 Å². The molecule has 1 unspecified atom stereocenters. The quantitative estimate of drug-likeness (QED) is 0.855. The van der Waals surface area contributed by atoms with E-state index in [-0.39, 0.29) is 0 Å². The molecular formula is C15H21NO5S. The van der Waals surface area contributed by atoms with E-state index in [1.54, 1.807) is 12.1 Å². The van der Waals surface area contributed by atoms with Gasteiger partial charge in [-0.1, -0.05) is 0 Å². The molecule has 0 aromatic heterocycles. The minimum Gasteiger partial charge on any atom is -0.493 e. The van der Waals surface area contributed by atoms with Crippen LogP contribution in [0.15, 0.2) is 12.1 Å². The number of nitrogens with zero attached hydrogens (tertiary/aromatic N) is 1. The van der Waals surface area contributed by atoms with Gasteiger partial charge in [-0.25, -0.2) is 0 Å². The van der Waals surface area contributed by atoms with Crippen LogP contribution in [0, 0.1) is 0 Å². The van der Waals surface area contributed by atoms with Gasteiger partial charge in [0.05, 0.1) is 21.3 Å². The zero-order chi connectivity index (χ0) is 16.1. The van der Waals surface area contributed by atoms with Gasteiger partial charge >= 0.3 is 5.97 Å². The molecule has 1 heterocycles. The average Bonchev–Trinajstić information content (AvgIpc) is 2.55. The Labute approximate surface area is 134 Å². The van der Waals surface area contributed by atoms with Crippen LogP contribution in [0.5, 0.6) is 17.2 Å². The summed E-state index contributed by atoms with van der Waals surface area (Å²) < 4.78 is 16.0. The number of methoxy groups -OCH3 is 3. The lowest BCUT2D eigenvalue weighted by atomic mass is 10.0. The predicted octanol–water partition coefficient (Wildman–Crippen LogP) is 1.89. The number of aliphatic carboxylic acids is 1. The highest BCUT2D eigenvalue weighted by atomic mass is 32.2. The highest BCUT2D eigenvalue weighted by Crippen LogP contribution is 2.43. The third-order valence-corrected chi connectivity index (χ3v) is 4.62. The van der Waals surface area contributed by atoms with Gasteiger partial charge in [0.2, 0.25) is 5.75 Å². The molecule has 22 heavy (non-hydrogen) atoms. The first-order chi connectivity index (χ1) is 10.6. The van der Waals surface area contributed by atoms with E-state index in [4.69, 9.17) is 14.2 Å². The summed E-state index contributed by atoms with van der Waals surface area (Å²) in [6.07, 6.45) is 0. The number of benzene rings is 1. The first-order valence-corrected chi connectivity index (χ1v) is 8.13. The molecule has 0 radical (unpaired) electrons. The van der Waals surface area contributed by atoms with Crippen molar-refractivity contribution in [1.82, 2.24) is 4.90 Å². The number of thioether (sulfide) groups is 1. The van der Waals surface area contributed by atoms with Gasteiger partial charge in [0.25, 0.3) is 0 Å². The second kappa shape index (κ2) is 7.60. The molecule has 1 aromatic carbocycles. The van der Waals surface area contributed by atoms with Crippen LogP contribution in [0.3, 0.4) is 0 Å². The molecule has 6 nitrogen and oxygen atoms in total. The highest BCUT2D eigenvalue weighted by molar-refractivity contribution is 7.99. The molecule has 0 aliphatic carbocycles. The molecule has 1 saturated heterocycles. The molecule has 1 aliphatic rings. The van der Waals surface area contributed by atoms with Crippen molar-refractivity contribution in [2.24, 2.45) is 0 Å². The number of carboxylic acids is 1. The minimum atomic E-state index is -0.891. The Balaban J connectivity index is 2.49. The van der Waals surface area contributed by atoms with E-state index in [9.17, 15) is 9.90 Å². The lowest BCUT2D eigenvalue weighted by Gasteiger charge is -2.32. The van der Waals surface area contributed by atoms with Crippen LogP contribution in [0.4, 0.5) is 0 Å². The van der Waals surface area contributed by atoms with E-state index in [1.165, 1.54) is 21.3 Å². The maximum absolute atomic E-state index is 11.8. The summed E-state index contributed by atoms with van der Waals surface area (Å²) in [5.74, 6) is 2.31. The third-order valence-electron chi connectivity index (χ3n) is 3.67. The van der Waals surface area contributed by atoms with Crippen molar-refractivity contribution in [3.05, 3.63) is 17.7 Å². The zero-order valence-corrected chi connectivity index (χ0v) is 13.8. The lowest BCUT2D eigenvalue weighted by Crippen LogP contribution is -2.40. The van der Waals surface area contributed by atoms with Gasteiger partial charge in [0.1, 0.15) is 6.04 Å². The Hall–Kier alpha value is -1.60. The summed E-state index contributed by atoms with van der Waals surface area (Å²) in [4.78, 5) is 13.8. The first kappa shape index (κ1) is 16.8. The van der Waals surface area contributed by atoms with E-state index in [0.717, 1.165) is 24.6 Å². The Morgan fingerprint density at radius 2 is 1.77 bits per heavy atom. The van der Waals surface area contributed by atoms with Crippen LogP contribution >= 0.6 is 11.8 Å². The smallest absolute Gasteiger partial charge is 0.325 e. The molecule has 0 amide bonds. The normalized spacial score (nSPS) is 16.9. The maximum Gasteiger partial charge on any atom is 0.325 e. The SMILES string of the molecule is COc1ccc(C(C(=O)O)N2CCSCC2)c(OC)c1OC. The fourth-order valence-corrected chi connectivity index (χ4v) is 3.59. The molecule has 0 bridgehead atoms. The summed E-state index contributed by atoms with van der Waals surface area (Å²) in [7, 11) is 4.55. The predicted molar refractivity (Wildman–Crippen MR) is 85.4 cm³/mol. The Kier molecular flexibility index (Phi) is 5.79. The van der Waals surface area contributed by atoms with Crippen molar-refractivity contribution < 1.29 is 24.1 Å². The monoisotopic (exact) mass is 327 g/mol. The molecule has 1 aromatic rings. The fourth-order valence-electron chi connectivity index (χ4n) is 2.66. The number of hydrogen-bond donors (Lipinski definition) is 1. The molecule has 1 fully saturated rings. The standard InChI is InChI=1S/C15H21NO5S/c1-19-11-5-4-10(13(20-2)14(11)21-3)12(15(17)18)16-6-8-22-9-7-16/h4-5,12H,6-9H2,1-3H3,(H,17,18). The summed E-state index contributed by atoms with van der Waals surface area (Å²) in [5.41, 5.74) is 0.583. The molecule has 7 heteroatoms. The zero-order valence-electron chi connectivity index (χ0n) is 13.0. The van der Waals surface area contributed by atoms with Crippen LogP contribution in [0.2, 0.25) is 0 Å². The highest BCUT2D eigenvalue weighted by Gasteiger charge is 2.33. The van der Waals surface area contributed by atoms with Crippen molar-refractivity contribution in [3.8, 4) is 17.2 Å². The Bertz CT molecular complexity index is 531. The van der Waals surface area contributed by atoms with Gasteiger partial charge in [0.15, 0.2) is 11.5 Å². The van der Waals surface area contributed by atoms with E-state index in [2.05, 4.69) is 0 Å². The van der Waals surface area contributed by atoms with E-state index in [0.29, 0.717) is 22.8 Å². The van der Waals surface area contributed by atoms with Gasteiger partial charge in [-0.2, -0.15) is 11.8 Å². The van der Waals surface area contributed by atoms with Crippen molar-refractivity contribution in [3.63, 3.8) is 0 Å². The fraction of sp³-hybridized carbons (Fsp3) is 0.533. The third kappa shape index (κ3) is 3.25. The van der Waals surface area contributed by atoms with Crippen LogP contribution in [0.25, 0.3) is 0 Å². The van der Waals surface area contributed by atoms with Crippen molar-refractivity contribution >= 4 is 17.7 Å². The number of rotatable bonds is 6. The van der Waals surface area contributed by atoms with Gasteiger partial charge in [-0.3, -0.25) is 9.69 Å². The summed E-state index contributed by atoms with van der Waals surface area (Å²) in [5, 5.41) is 9.71. The van der Waals surface area contributed by atoms with Crippen LogP contribution in [-0.2, 0) is 4.79 Å². The first-order valence-electron chi connectivity index (χ1n) is 6.97. The van der Waals surface area contributed by atoms with Gasteiger partial charge in [0, 0.05) is 30.2 Å². The van der Waals surface area contributed by atoms with Gasteiger partial charge in [-0.15, -0.1) is 0 Å². The summed E-state index contributed by atoms with van der Waals surface area (Å²) in [6, 6.07) is 2.70. The van der Waals surface area contributed by atoms with Crippen molar-refractivity contribution in [1.29, 1.82) is 0 Å². The maximum atomic E-state index is 11.8. The number of ether oxygens (including phenoxy) is 3. The number of hydrogen-bond acceptors (Lipinski definition) is 6. The van der Waals surface area contributed by atoms with Crippen LogP contribution in [0.1, 0.15) is 11.6 Å². The number of carboxylic acid groups (broad SMARTS) is 1. The molecule has 122 valence electrons. The Morgan fingerprint density at radius 3 is 2.27 bits per heavy atom. The molecule has 1 aliphatic heterocycles. The largest absolute Gasteiger partial charge is 0.493 e. The topological polar surface area (TPSA) is 68.2 Å². The van der Waals surface area contributed by atoms with Crippen LogP contribution in [-0.4, -0.2) is 61.9 Å². The van der Waals surface area contributed by atoms with Crippen molar-refractivity contribution in [2.75, 3.05) is 45.9 Å². The lowest BCUT2D eigenvalue weighted by molar-refractivity contribution is -0.143. The molecule has 0 saturated carbocycles. The van der Waals surface area contributed by atoms with E-state index < -0.39 is 12.0 Å². The molecule has 1 atom stereocenters. The van der Waals surface area contributed by atoms with E-state index >= 15 is 0 Å². The van der Waals surface area contributed by atoms with E-state index in [1.807, 2.05) is 16.7 Å². The molecule has 0 spiro atoms. The van der Waals surface area contributed by atoms with Gasteiger partial charge in [-0.05, 0) is 12.1 Å². The van der Waals surface area contributed by atoms with Gasteiger partial charge < -0.3 is 19.3 Å². The second-order valence-corrected chi connectivity index (χ2v) is 6.04.